The highest BCUT2D eigenvalue weighted by molar-refractivity contribution is 7.91. The van der Waals surface area contributed by atoms with Crippen molar-refractivity contribution in [3.63, 3.8) is 0 Å². The van der Waals surface area contributed by atoms with Gasteiger partial charge in [0.05, 0.1) is 10.6 Å². The van der Waals surface area contributed by atoms with Gasteiger partial charge >= 0.3 is 17.7 Å². The lowest BCUT2D eigenvalue weighted by molar-refractivity contribution is 0.359. The van der Waals surface area contributed by atoms with E-state index in [0.29, 0.717) is 46.3 Å². The van der Waals surface area contributed by atoms with Crippen LogP contribution in [0.1, 0.15) is 79.4 Å². The van der Waals surface area contributed by atoms with E-state index in [9.17, 15) is 17.9 Å². The van der Waals surface area contributed by atoms with Crippen molar-refractivity contribution in [2.75, 3.05) is 0 Å². The standard InChI is InChI=1S/C22H41O6PSSi/c1-11-20(12-2)29(23,24)28-30(25,26)21-13-18(9)22(19(10)14-21)27-31(15(3)4,16(5)6)17(7)8/h13-17,20H,11-12H2,1-10H3,(H,23,24). The van der Waals surface area contributed by atoms with Crippen LogP contribution < -0.4 is 4.43 Å². The third-order valence-corrected chi connectivity index (χ3v) is 16.4. The average Bonchev–Trinajstić information content (AvgIpc) is 2.59. The van der Waals surface area contributed by atoms with Crippen LogP contribution in [-0.4, -0.2) is 27.3 Å². The summed E-state index contributed by atoms with van der Waals surface area (Å²) in [5, 5.41) is 0. The molecule has 0 aliphatic heterocycles. The number of benzene rings is 1. The zero-order chi connectivity index (χ0) is 24.4. The molecule has 0 aliphatic rings. The lowest BCUT2D eigenvalue weighted by atomic mass is 10.1. The van der Waals surface area contributed by atoms with E-state index in [4.69, 9.17) is 8.40 Å². The SMILES string of the molecule is CCC(CC)P(=O)(O)OS(=O)(=O)c1cc(C)c(O[Si](C(C)C)(C(C)C)C(C)C)c(C)c1. The summed E-state index contributed by atoms with van der Waals surface area (Å²) >= 11 is 0. The zero-order valence-corrected chi connectivity index (χ0v) is 23.4. The molecule has 0 saturated heterocycles. The summed E-state index contributed by atoms with van der Waals surface area (Å²) in [4.78, 5) is 10.1. The van der Waals surface area contributed by atoms with Gasteiger partial charge in [-0.2, -0.15) is 12.4 Å². The fourth-order valence-corrected chi connectivity index (χ4v) is 13.6. The molecule has 0 amide bonds. The second-order valence-corrected chi connectivity index (χ2v) is 18.6. The minimum absolute atomic E-state index is 0.124. The number of rotatable bonds is 11. The van der Waals surface area contributed by atoms with E-state index in [2.05, 4.69) is 41.5 Å². The molecule has 9 heteroatoms. The fraction of sp³-hybridized carbons (Fsp3) is 0.727. The van der Waals surface area contributed by atoms with Gasteiger partial charge in [-0.15, -0.1) is 0 Å². The van der Waals surface area contributed by atoms with E-state index in [1.807, 2.05) is 0 Å². The van der Waals surface area contributed by atoms with Crippen molar-refractivity contribution in [1.82, 2.24) is 0 Å². The number of hydrogen-bond donors (Lipinski definition) is 1. The topological polar surface area (TPSA) is 89.9 Å². The molecule has 6 nitrogen and oxygen atoms in total. The van der Waals surface area contributed by atoms with Crippen molar-refractivity contribution >= 4 is 26.0 Å². The van der Waals surface area contributed by atoms with Gasteiger partial charge in [0.25, 0.3) is 8.32 Å². The molecule has 0 aromatic heterocycles. The first-order valence-corrected chi connectivity index (χ1v) is 16.3. The Morgan fingerprint density at radius 1 is 0.935 bits per heavy atom. The van der Waals surface area contributed by atoms with Crippen molar-refractivity contribution in [2.24, 2.45) is 0 Å². The molecule has 31 heavy (non-hydrogen) atoms. The molecule has 1 rings (SSSR count). The fourth-order valence-electron chi connectivity index (χ4n) is 4.74. The molecule has 1 aromatic rings. The molecule has 0 bridgehead atoms. The summed E-state index contributed by atoms with van der Waals surface area (Å²) in [6.45, 7) is 20.3. The summed E-state index contributed by atoms with van der Waals surface area (Å²) in [5.74, 6) is 0.703. The summed E-state index contributed by atoms with van der Waals surface area (Å²) < 4.78 is 49.9. The quantitative estimate of drug-likeness (QED) is 0.266. The van der Waals surface area contributed by atoms with Crippen LogP contribution in [0.3, 0.4) is 0 Å². The first-order chi connectivity index (χ1) is 14.1. The Bertz CT molecular complexity index is 862. The molecule has 0 saturated carbocycles. The smallest absolute Gasteiger partial charge is 0.345 e. The van der Waals surface area contributed by atoms with Crippen LogP contribution >= 0.6 is 7.60 Å². The van der Waals surface area contributed by atoms with Crippen molar-refractivity contribution in [3.8, 4) is 5.75 Å². The highest BCUT2D eigenvalue weighted by atomic mass is 32.2. The van der Waals surface area contributed by atoms with Crippen LogP contribution in [0.4, 0.5) is 0 Å². The van der Waals surface area contributed by atoms with Crippen LogP contribution in [-0.2, 0) is 18.7 Å². The third-order valence-electron chi connectivity index (χ3n) is 6.32. The maximum Gasteiger partial charge on any atom is 0.345 e. The molecular weight excluding hydrogens is 451 g/mol. The molecule has 1 aromatic carbocycles. The predicted molar refractivity (Wildman–Crippen MR) is 130 cm³/mol. The van der Waals surface area contributed by atoms with Crippen molar-refractivity contribution in [1.29, 1.82) is 0 Å². The Hall–Kier alpha value is -0.663. The van der Waals surface area contributed by atoms with Crippen LogP contribution in [0.15, 0.2) is 17.0 Å². The molecular formula is C22H41O6PSSi. The number of aryl methyl sites for hydroxylation is 2. The molecule has 0 spiro atoms. The molecule has 180 valence electrons. The van der Waals surface area contributed by atoms with Gasteiger partial charge in [0.2, 0.25) is 0 Å². The van der Waals surface area contributed by atoms with Crippen LogP contribution in [0.5, 0.6) is 5.75 Å². The van der Waals surface area contributed by atoms with E-state index in [1.165, 1.54) is 12.1 Å². The van der Waals surface area contributed by atoms with Crippen molar-refractivity contribution in [3.05, 3.63) is 23.3 Å². The maximum absolute atomic E-state index is 12.8. The highest BCUT2D eigenvalue weighted by Crippen LogP contribution is 2.53. The molecule has 1 N–H and O–H groups in total. The average molecular weight is 493 g/mol. The molecule has 0 fully saturated rings. The van der Waals surface area contributed by atoms with Gasteiger partial charge in [-0.1, -0.05) is 55.4 Å². The van der Waals surface area contributed by atoms with Gasteiger partial charge in [-0.3, -0.25) is 4.57 Å². The summed E-state index contributed by atoms with van der Waals surface area (Å²) in [6.07, 6.45) is 0.716. The van der Waals surface area contributed by atoms with Gasteiger partial charge < -0.3 is 9.32 Å². The van der Waals surface area contributed by atoms with Crippen LogP contribution in [0.25, 0.3) is 0 Å². The van der Waals surface area contributed by atoms with Crippen LogP contribution in [0.2, 0.25) is 16.6 Å². The monoisotopic (exact) mass is 492 g/mol. The molecule has 0 heterocycles. The van der Waals surface area contributed by atoms with E-state index in [-0.39, 0.29) is 4.90 Å². The lowest BCUT2D eigenvalue weighted by Gasteiger charge is -2.43. The van der Waals surface area contributed by atoms with Gasteiger partial charge in [0.15, 0.2) is 0 Å². The highest BCUT2D eigenvalue weighted by Gasteiger charge is 2.47. The van der Waals surface area contributed by atoms with E-state index < -0.39 is 31.7 Å². The minimum atomic E-state index is -4.39. The Kier molecular flexibility index (Phi) is 9.62. The summed E-state index contributed by atoms with van der Waals surface area (Å²) in [7, 11) is -10.9. The zero-order valence-electron chi connectivity index (χ0n) is 20.7. The number of hydrogen-bond acceptors (Lipinski definition) is 5. The molecule has 1 unspecified atom stereocenters. The normalized spacial score (nSPS) is 15.2. The minimum Gasteiger partial charge on any atom is -0.542 e. The Labute approximate surface area is 190 Å². The van der Waals surface area contributed by atoms with Gasteiger partial charge in [0, 0.05) is 0 Å². The third kappa shape index (κ3) is 6.02. The second kappa shape index (κ2) is 10.5. The Morgan fingerprint density at radius 2 is 1.32 bits per heavy atom. The van der Waals surface area contributed by atoms with Crippen molar-refractivity contribution in [2.45, 2.75) is 109 Å². The van der Waals surface area contributed by atoms with Crippen molar-refractivity contribution < 1.29 is 26.3 Å². The lowest BCUT2D eigenvalue weighted by Crippen LogP contribution is -2.51. The van der Waals surface area contributed by atoms with Gasteiger partial charge in [-0.05, 0) is 66.6 Å². The molecule has 1 atom stereocenters. The van der Waals surface area contributed by atoms with Gasteiger partial charge in [0.1, 0.15) is 5.75 Å². The Balaban J connectivity index is 3.44. The summed E-state index contributed by atoms with van der Waals surface area (Å²) in [5.41, 5.74) is 1.75. The van der Waals surface area contributed by atoms with E-state index in [0.717, 1.165) is 0 Å². The largest absolute Gasteiger partial charge is 0.542 e. The first kappa shape index (κ1) is 28.4. The predicted octanol–water partition coefficient (Wildman–Crippen LogP) is 6.94. The van der Waals surface area contributed by atoms with Crippen LogP contribution in [0, 0.1) is 13.8 Å². The molecule has 0 aliphatic carbocycles. The van der Waals surface area contributed by atoms with E-state index in [1.54, 1.807) is 27.7 Å². The molecule has 0 radical (unpaired) electrons. The first-order valence-electron chi connectivity index (χ1n) is 11.2. The Morgan fingerprint density at radius 3 is 1.65 bits per heavy atom. The van der Waals surface area contributed by atoms with E-state index >= 15 is 0 Å². The van der Waals surface area contributed by atoms with Gasteiger partial charge in [-0.25, -0.2) is 0 Å². The summed E-state index contributed by atoms with van der Waals surface area (Å²) in [6, 6.07) is 2.95. The second-order valence-electron chi connectivity index (χ2n) is 9.37. The maximum atomic E-state index is 12.8.